The maximum atomic E-state index is 12.4. The number of hydrogen-bond donors (Lipinski definition) is 2. The molecule has 2 aliphatic heterocycles. The minimum Gasteiger partial charge on any atom is -0.324 e. The van der Waals surface area contributed by atoms with E-state index in [9.17, 15) is 9.59 Å². The largest absolute Gasteiger partial charge is 0.325 e. The van der Waals surface area contributed by atoms with Crippen molar-refractivity contribution in [2.24, 2.45) is 5.41 Å². The third kappa shape index (κ3) is 4.55. The van der Waals surface area contributed by atoms with Crippen LogP contribution in [-0.2, 0) is 17.8 Å². The van der Waals surface area contributed by atoms with Gasteiger partial charge in [0.05, 0.1) is 0 Å². The Bertz CT molecular complexity index is 738. The molecular weight excluding hydrogens is 352 g/mol. The molecule has 6 nitrogen and oxygen atoms in total. The number of fused-ring (bicyclic) bond motifs is 1. The van der Waals surface area contributed by atoms with Crippen molar-refractivity contribution in [1.29, 1.82) is 0 Å². The maximum absolute atomic E-state index is 12.4. The van der Waals surface area contributed by atoms with Crippen molar-refractivity contribution in [1.82, 2.24) is 20.4 Å². The van der Waals surface area contributed by atoms with Crippen molar-refractivity contribution >= 4 is 11.9 Å². The second-order valence-electron chi connectivity index (χ2n) is 9.64. The van der Waals surface area contributed by atoms with Crippen LogP contribution in [0.4, 0.5) is 4.79 Å². The lowest BCUT2D eigenvalue weighted by Crippen LogP contribution is -2.51. The van der Waals surface area contributed by atoms with E-state index in [1.165, 1.54) is 16.0 Å². The monoisotopic (exact) mass is 386 g/mol. The van der Waals surface area contributed by atoms with Crippen molar-refractivity contribution in [3.05, 3.63) is 35.4 Å². The van der Waals surface area contributed by atoms with Gasteiger partial charge in [-0.25, -0.2) is 4.79 Å². The number of benzene rings is 1. The van der Waals surface area contributed by atoms with Crippen LogP contribution in [0.2, 0.25) is 0 Å². The Balaban J connectivity index is 1.57. The molecule has 0 aliphatic carbocycles. The first-order valence-corrected chi connectivity index (χ1v) is 10.2. The van der Waals surface area contributed by atoms with Gasteiger partial charge < -0.3 is 10.6 Å². The number of carbonyl (C=O) groups excluding carboxylic acids is 2. The number of amides is 3. The van der Waals surface area contributed by atoms with Crippen molar-refractivity contribution in [2.45, 2.75) is 59.2 Å². The first-order valence-electron chi connectivity index (χ1n) is 10.2. The summed E-state index contributed by atoms with van der Waals surface area (Å²) < 4.78 is 0. The summed E-state index contributed by atoms with van der Waals surface area (Å²) in [7, 11) is 0. The molecule has 28 heavy (non-hydrogen) atoms. The summed E-state index contributed by atoms with van der Waals surface area (Å²) in [5.74, 6) is -0.153. The number of carbonyl (C=O) groups is 2. The molecule has 3 amide bonds. The Hall–Kier alpha value is -1.92. The van der Waals surface area contributed by atoms with E-state index in [4.69, 9.17) is 0 Å². The molecule has 6 heteroatoms. The average Bonchev–Trinajstić information content (AvgIpc) is 2.81. The van der Waals surface area contributed by atoms with Crippen LogP contribution in [0.3, 0.4) is 0 Å². The third-order valence-corrected chi connectivity index (χ3v) is 5.87. The zero-order valence-electron chi connectivity index (χ0n) is 17.8. The van der Waals surface area contributed by atoms with Gasteiger partial charge in [0.25, 0.3) is 5.91 Å². The van der Waals surface area contributed by atoms with E-state index >= 15 is 0 Å². The van der Waals surface area contributed by atoms with Gasteiger partial charge in [-0.05, 0) is 36.8 Å². The Kier molecular flexibility index (Phi) is 5.82. The minimum atomic E-state index is -0.804. The van der Waals surface area contributed by atoms with Crippen LogP contribution in [0.25, 0.3) is 0 Å². The second kappa shape index (κ2) is 7.84. The quantitative estimate of drug-likeness (QED) is 0.737. The average molecular weight is 387 g/mol. The predicted molar refractivity (Wildman–Crippen MR) is 111 cm³/mol. The Morgan fingerprint density at radius 2 is 1.86 bits per heavy atom. The van der Waals surface area contributed by atoms with Gasteiger partial charge in [-0.15, -0.1) is 0 Å². The smallest absolute Gasteiger partial charge is 0.324 e. The first kappa shape index (κ1) is 20.8. The molecule has 0 radical (unpaired) electrons. The lowest BCUT2D eigenvalue weighted by molar-refractivity contribution is -0.130. The fourth-order valence-electron chi connectivity index (χ4n) is 3.98. The summed E-state index contributed by atoms with van der Waals surface area (Å²) in [6, 6.07) is 8.65. The van der Waals surface area contributed by atoms with E-state index in [0.29, 0.717) is 13.1 Å². The third-order valence-electron chi connectivity index (χ3n) is 5.87. The molecule has 0 aromatic heterocycles. The van der Waals surface area contributed by atoms with Crippen LogP contribution in [0.1, 0.15) is 45.7 Å². The van der Waals surface area contributed by atoms with Crippen molar-refractivity contribution in [2.75, 3.05) is 26.2 Å². The van der Waals surface area contributed by atoms with Gasteiger partial charge in [0.1, 0.15) is 5.54 Å². The van der Waals surface area contributed by atoms with Crippen LogP contribution < -0.4 is 10.6 Å². The standard InChI is InChI=1S/C22H34N4O2/c1-21(2,3)18(15-25-12-10-16-8-6-7-9-17(16)14-25)23-11-13-26-19(27)22(4,5)24-20(26)28/h6-9,18,23H,10-15H2,1-5H3,(H,24,28). The van der Waals surface area contributed by atoms with Gasteiger partial charge in [-0.1, -0.05) is 45.0 Å². The minimum absolute atomic E-state index is 0.0769. The highest BCUT2D eigenvalue weighted by molar-refractivity contribution is 6.06. The summed E-state index contributed by atoms with van der Waals surface area (Å²) in [4.78, 5) is 28.2. The summed E-state index contributed by atoms with van der Waals surface area (Å²) in [5, 5.41) is 6.35. The number of hydrogen-bond acceptors (Lipinski definition) is 4. The van der Waals surface area contributed by atoms with E-state index in [2.05, 4.69) is 60.6 Å². The lowest BCUT2D eigenvalue weighted by Gasteiger charge is -2.38. The zero-order chi connectivity index (χ0) is 20.5. The summed E-state index contributed by atoms with van der Waals surface area (Å²) in [5.41, 5.74) is 2.15. The molecule has 0 bridgehead atoms. The Labute approximate surface area is 168 Å². The van der Waals surface area contributed by atoms with E-state index in [-0.39, 0.29) is 23.4 Å². The molecule has 1 unspecified atom stereocenters. The fourth-order valence-corrected chi connectivity index (χ4v) is 3.98. The molecule has 1 aromatic carbocycles. The molecule has 1 fully saturated rings. The van der Waals surface area contributed by atoms with Gasteiger partial charge in [-0.2, -0.15) is 0 Å². The molecule has 0 saturated carbocycles. The van der Waals surface area contributed by atoms with Crippen LogP contribution in [0.5, 0.6) is 0 Å². The molecule has 154 valence electrons. The highest BCUT2D eigenvalue weighted by Crippen LogP contribution is 2.24. The van der Waals surface area contributed by atoms with Crippen molar-refractivity contribution in [3.8, 4) is 0 Å². The van der Waals surface area contributed by atoms with Crippen LogP contribution in [-0.4, -0.2) is 59.5 Å². The highest BCUT2D eigenvalue weighted by Gasteiger charge is 2.43. The van der Waals surface area contributed by atoms with E-state index in [1.54, 1.807) is 13.8 Å². The fraction of sp³-hybridized carbons (Fsp3) is 0.636. The number of nitrogens with one attached hydrogen (secondary N) is 2. The number of imide groups is 1. The number of rotatable bonds is 6. The van der Waals surface area contributed by atoms with E-state index < -0.39 is 5.54 Å². The molecule has 2 heterocycles. The number of nitrogens with zero attached hydrogens (tertiary/aromatic N) is 2. The van der Waals surface area contributed by atoms with Crippen LogP contribution in [0, 0.1) is 5.41 Å². The Morgan fingerprint density at radius 3 is 2.46 bits per heavy atom. The summed E-state index contributed by atoms with van der Waals surface area (Å²) >= 11 is 0. The van der Waals surface area contributed by atoms with Gasteiger partial charge >= 0.3 is 6.03 Å². The van der Waals surface area contributed by atoms with Gasteiger partial charge in [-0.3, -0.25) is 14.6 Å². The molecule has 2 aliphatic rings. The molecule has 2 N–H and O–H groups in total. The van der Waals surface area contributed by atoms with Crippen molar-refractivity contribution in [3.63, 3.8) is 0 Å². The maximum Gasteiger partial charge on any atom is 0.325 e. The van der Waals surface area contributed by atoms with Gasteiger partial charge in [0.2, 0.25) is 0 Å². The van der Waals surface area contributed by atoms with E-state index in [1.807, 2.05) is 0 Å². The zero-order valence-corrected chi connectivity index (χ0v) is 17.8. The van der Waals surface area contributed by atoms with E-state index in [0.717, 1.165) is 26.1 Å². The normalized spacial score (nSPS) is 20.8. The SMILES string of the molecule is CC1(C)NC(=O)N(CCNC(CN2CCc3ccccc3C2)C(C)(C)C)C1=O. The molecule has 1 aromatic rings. The first-order chi connectivity index (χ1) is 13.1. The lowest BCUT2D eigenvalue weighted by atomic mass is 9.85. The number of urea groups is 1. The molecular formula is C22H34N4O2. The summed E-state index contributed by atoms with van der Waals surface area (Å²) in [6.07, 6.45) is 1.09. The molecule has 1 saturated heterocycles. The topological polar surface area (TPSA) is 64.7 Å². The second-order valence-corrected chi connectivity index (χ2v) is 9.64. The Morgan fingerprint density at radius 1 is 1.18 bits per heavy atom. The van der Waals surface area contributed by atoms with Crippen LogP contribution in [0.15, 0.2) is 24.3 Å². The summed E-state index contributed by atoms with van der Waals surface area (Å²) in [6.45, 7) is 14.2. The molecule has 0 spiro atoms. The van der Waals surface area contributed by atoms with Gasteiger partial charge in [0, 0.05) is 38.8 Å². The molecule has 1 atom stereocenters. The van der Waals surface area contributed by atoms with Crippen molar-refractivity contribution < 1.29 is 9.59 Å². The van der Waals surface area contributed by atoms with Gasteiger partial charge in [0.15, 0.2) is 0 Å². The highest BCUT2D eigenvalue weighted by atomic mass is 16.2. The van der Waals surface area contributed by atoms with Crippen LogP contribution >= 0.6 is 0 Å². The molecule has 3 rings (SSSR count). The predicted octanol–water partition coefficient (Wildman–Crippen LogP) is 2.38.